The fourth-order valence-corrected chi connectivity index (χ4v) is 3.93. The van der Waals surface area contributed by atoms with E-state index in [0.717, 1.165) is 30.9 Å². The van der Waals surface area contributed by atoms with Crippen molar-refractivity contribution in [3.8, 4) is 22.6 Å². The van der Waals surface area contributed by atoms with Crippen molar-refractivity contribution < 1.29 is 18.6 Å². The van der Waals surface area contributed by atoms with Gasteiger partial charge in [0.2, 0.25) is 0 Å². The van der Waals surface area contributed by atoms with Crippen LogP contribution < -0.4 is 14.9 Å². The molecule has 0 radical (unpaired) electrons. The van der Waals surface area contributed by atoms with Gasteiger partial charge in [-0.2, -0.15) is 0 Å². The minimum Gasteiger partial charge on any atom is -0.497 e. The number of methoxy groups -OCH3 is 1. The van der Waals surface area contributed by atoms with Crippen LogP contribution >= 0.6 is 0 Å². The fraction of sp³-hybridized carbons (Fsp3) is 0.375. The van der Waals surface area contributed by atoms with E-state index in [2.05, 4.69) is 18.7 Å². The van der Waals surface area contributed by atoms with Crippen molar-refractivity contribution in [3.05, 3.63) is 59.0 Å². The van der Waals surface area contributed by atoms with E-state index >= 15 is 0 Å². The molecule has 2 heterocycles. The van der Waals surface area contributed by atoms with Crippen LogP contribution in [0.25, 0.3) is 22.1 Å². The summed E-state index contributed by atoms with van der Waals surface area (Å²) >= 11 is 0. The van der Waals surface area contributed by atoms with Crippen molar-refractivity contribution >= 4 is 11.0 Å². The molecule has 0 unspecified atom stereocenters. The molecule has 158 valence electrons. The van der Waals surface area contributed by atoms with Crippen LogP contribution in [0.15, 0.2) is 57.9 Å². The molecule has 0 bridgehead atoms. The molecular formula is C24H27NO5. The largest absolute Gasteiger partial charge is 0.497 e. The molecule has 1 aliphatic rings. The summed E-state index contributed by atoms with van der Waals surface area (Å²) in [4.78, 5) is 15.3. The Labute approximate surface area is 176 Å². The topological polar surface area (TPSA) is 61.1 Å². The number of hydrogen-bond donors (Lipinski definition) is 0. The second-order valence-electron chi connectivity index (χ2n) is 7.73. The summed E-state index contributed by atoms with van der Waals surface area (Å²) in [5.41, 5.74) is 1.77. The number of fused-ring (bicyclic) bond motifs is 1. The van der Waals surface area contributed by atoms with E-state index in [0.29, 0.717) is 28.9 Å². The monoisotopic (exact) mass is 409 g/mol. The van der Waals surface area contributed by atoms with Gasteiger partial charge in [-0.3, -0.25) is 9.69 Å². The first-order valence-corrected chi connectivity index (χ1v) is 10.2. The summed E-state index contributed by atoms with van der Waals surface area (Å²) in [6, 6.07) is 12.7. The highest BCUT2D eigenvalue weighted by molar-refractivity contribution is 5.82. The lowest BCUT2D eigenvalue weighted by molar-refractivity contribution is -0.0699. The van der Waals surface area contributed by atoms with Crippen molar-refractivity contribution in [2.75, 3.05) is 33.4 Å². The normalized spacial score (nSPS) is 19.7. The fourth-order valence-electron chi connectivity index (χ4n) is 3.93. The van der Waals surface area contributed by atoms with Gasteiger partial charge in [-0.05, 0) is 43.7 Å². The maximum atomic E-state index is 12.9. The molecule has 0 saturated carbocycles. The number of morpholine rings is 1. The van der Waals surface area contributed by atoms with E-state index in [4.69, 9.17) is 18.6 Å². The maximum absolute atomic E-state index is 12.9. The third kappa shape index (κ3) is 4.50. The molecule has 2 atom stereocenters. The maximum Gasteiger partial charge on any atom is 0.200 e. The molecule has 0 amide bonds. The molecule has 0 N–H and O–H groups in total. The molecule has 6 nitrogen and oxygen atoms in total. The lowest BCUT2D eigenvalue weighted by Gasteiger charge is -2.35. The average Bonchev–Trinajstić information content (AvgIpc) is 2.73. The zero-order valence-electron chi connectivity index (χ0n) is 17.6. The summed E-state index contributed by atoms with van der Waals surface area (Å²) < 4.78 is 22.6. The number of hydrogen-bond acceptors (Lipinski definition) is 6. The Morgan fingerprint density at radius 1 is 1.03 bits per heavy atom. The molecule has 1 fully saturated rings. The minimum atomic E-state index is -0.0655. The Kier molecular flexibility index (Phi) is 6.06. The Morgan fingerprint density at radius 2 is 1.73 bits per heavy atom. The van der Waals surface area contributed by atoms with Crippen LogP contribution in [-0.4, -0.2) is 50.5 Å². The molecule has 0 aliphatic carbocycles. The van der Waals surface area contributed by atoms with Crippen LogP contribution in [0.5, 0.6) is 11.5 Å². The van der Waals surface area contributed by atoms with Crippen molar-refractivity contribution in [3.63, 3.8) is 0 Å². The molecule has 0 spiro atoms. The van der Waals surface area contributed by atoms with Gasteiger partial charge in [0, 0.05) is 25.7 Å². The standard InChI is InChI=1S/C24H27NO5/c1-16-13-25(14-17(2)30-16)10-11-28-20-8-9-21-23(12-20)29-15-22(24(21)26)18-4-6-19(27-3)7-5-18/h4-9,12,15-17H,10-11,13-14H2,1-3H3/t16-,17+. The van der Waals surface area contributed by atoms with E-state index < -0.39 is 0 Å². The second kappa shape index (κ2) is 8.90. The molecule has 2 aromatic carbocycles. The van der Waals surface area contributed by atoms with Gasteiger partial charge in [0.25, 0.3) is 0 Å². The van der Waals surface area contributed by atoms with E-state index in [1.54, 1.807) is 19.2 Å². The van der Waals surface area contributed by atoms with E-state index in [9.17, 15) is 4.79 Å². The first-order valence-electron chi connectivity index (χ1n) is 10.2. The lowest BCUT2D eigenvalue weighted by Crippen LogP contribution is -2.46. The number of benzene rings is 2. The Bertz CT molecular complexity index is 1050. The number of rotatable bonds is 6. The van der Waals surface area contributed by atoms with Gasteiger partial charge in [0.15, 0.2) is 5.43 Å². The zero-order chi connectivity index (χ0) is 21.1. The number of nitrogens with zero attached hydrogens (tertiary/aromatic N) is 1. The highest BCUT2D eigenvalue weighted by atomic mass is 16.5. The van der Waals surface area contributed by atoms with Gasteiger partial charge in [-0.15, -0.1) is 0 Å². The van der Waals surface area contributed by atoms with Crippen molar-refractivity contribution in [2.45, 2.75) is 26.1 Å². The third-order valence-corrected chi connectivity index (χ3v) is 5.32. The van der Waals surface area contributed by atoms with E-state index in [1.165, 1.54) is 6.26 Å². The van der Waals surface area contributed by atoms with Crippen LogP contribution in [0.1, 0.15) is 13.8 Å². The quantitative estimate of drug-likeness (QED) is 0.614. The Balaban J connectivity index is 1.46. The van der Waals surface area contributed by atoms with Crippen LogP contribution in [0.3, 0.4) is 0 Å². The second-order valence-corrected chi connectivity index (χ2v) is 7.73. The van der Waals surface area contributed by atoms with Crippen molar-refractivity contribution in [1.82, 2.24) is 4.90 Å². The predicted octanol–water partition coefficient (Wildman–Crippen LogP) is 3.96. The van der Waals surface area contributed by atoms with Crippen LogP contribution in [0.4, 0.5) is 0 Å². The van der Waals surface area contributed by atoms with Gasteiger partial charge in [0.05, 0.1) is 30.3 Å². The average molecular weight is 409 g/mol. The summed E-state index contributed by atoms with van der Waals surface area (Å²) in [6.45, 7) is 7.41. The van der Waals surface area contributed by atoms with Crippen LogP contribution in [0, 0.1) is 0 Å². The first-order chi connectivity index (χ1) is 14.5. The Hall–Kier alpha value is -2.83. The summed E-state index contributed by atoms with van der Waals surface area (Å²) in [6.07, 6.45) is 1.99. The van der Waals surface area contributed by atoms with Gasteiger partial charge in [-0.1, -0.05) is 12.1 Å². The molecule has 1 saturated heterocycles. The molecular weight excluding hydrogens is 382 g/mol. The lowest BCUT2D eigenvalue weighted by atomic mass is 10.1. The SMILES string of the molecule is COc1ccc(-c2coc3cc(OCCN4C[C@@H](C)O[C@@H](C)C4)ccc3c2=O)cc1. The first kappa shape index (κ1) is 20.4. The smallest absolute Gasteiger partial charge is 0.200 e. The van der Waals surface area contributed by atoms with Gasteiger partial charge in [-0.25, -0.2) is 0 Å². The van der Waals surface area contributed by atoms with Crippen LogP contribution in [-0.2, 0) is 4.74 Å². The molecule has 1 aromatic heterocycles. The summed E-state index contributed by atoms with van der Waals surface area (Å²) in [5, 5.41) is 0.534. The summed E-state index contributed by atoms with van der Waals surface area (Å²) in [5.74, 6) is 1.43. The molecule has 3 aromatic rings. The highest BCUT2D eigenvalue weighted by Crippen LogP contribution is 2.24. The predicted molar refractivity (Wildman–Crippen MR) is 116 cm³/mol. The molecule has 1 aliphatic heterocycles. The molecule has 4 rings (SSSR count). The van der Waals surface area contributed by atoms with Crippen molar-refractivity contribution in [2.24, 2.45) is 0 Å². The molecule has 6 heteroatoms. The highest BCUT2D eigenvalue weighted by Gasteiger charge is 2.21. The van der Waals surface area contributed by atoms with Crippen LogP contribution in [0.2, 0.25) is 0 Å². The summed E-state index contributed by atoms with van der Waals surface area (Å²) in [7, 11) is 1.61. The van der Waals surface area contributed by atoms with Gasteiger partial charge >= 0.3 is 0 Å². The van der Waals surface area contributed by atoms with E-state index in [1.807, 2.05) is 30.3 Å². The Morgan fingerprint density at radius 3 is 2.43 bits per heavy atom. The third-order valence-electron chi connectivity index (χ3n) is 5.32. The number of ether oxygens (including phenoxy) is 3. The van der Waals surface area contributed by atoms with Gasteiger partial charge in [0.1, 0.15) is 30.0 Å². The minimum absolute atomic E-state index is 0.0655. The van der Waals surface area contributed by atoms with Gasteiger partial charge < -0.3 is 18.6 Å². The van der Waals surface area contributed by atoms with Crippen molar-refractivity contribution in [1.29, 1.82) is 0 Å². The van der Waals surface area contributed by atoms with E-state index in [-0.39, 0.29) is 17.6 Å². The zero-order valence-corrected chi connectivity index (χ0v) is 17.6. The molecule has 30 heavy (non-hydrogen) atoms.